The van der Waals surface area contributed by atoms with E-state index >= 15 is 0 Å². The van der Waals surface area contributed by atoms with Crippen molar-refractivity contribution in [1.29, 1.82) is 0 Å². The molecule has 0 fully saturated rings. The summed E-state index contributed by atoms with van der Waals surface area (Å²) in [4.78, 5) is 40.3. The molecule has 0 spiro atoms. The van der Waals surface area contributed by atoms with Gasteiger partial charge in [-0.3, -0.25) is 4.79 Å². The molecule has 0 aliphatic rings. The van der Waals surface area contributed by atoms with Crippen LogP contribution in [0.2, 0.25) is 0 Å². The number of hydrogen-bond acceptors (Lipinski definition) is 4. The van der Waals surface area contributed by atoms with E-state index in [4.69, 9.17) is 0 Å². The molecule has 2 rings (SSSR count). The molecule has 0 aliphatic heterocycles. The number of carbonyl (C=O) groups is 1. The smallest absolute Gasteiger partial charge is 0.352 e. The quantitative estimate of drug-likeness (QED) is 0.864. The van der Waals surface area contributed by atoms with Crippen molar-refractivity contribution in [1.82, 2.24) is 14.5 Å². The van der Waals surface area contributed by atoms with Crippen LogP contribution >= 0.6 is 0 Å². The van der Waals surface area contributed by atoms with Crippen molar-refractivity contribution < 1.29 is 9.90 Å². The Balaban J connectivity index is 2.68. The molecule has 0 saturated heterocycles. The molecule has 7 heteroatoms. The van der Waals surface area contributed by atoms with Gasteiger partial charge in [0.2, 0.25) is 0 Å². The predicted molar refractivity (Wildman–Crippen MR) is 91.1 cm³/mol. The lowest BCUT2D eigenvalue weighted by Crippen LogP contribution is -2.39. The number of hydrogen-bond donors (Lipinski definition) is 2. The molecule has 0 bridgehead atoms. The van der Waals surface area contributed by atoms with Gasteiger partial charge in [-0.2, -0.15) is 0 Å². The van der Waals surface area contributed by atoms with Crippen LogP contribution in [0, 0.1) is 0 Å². The Morgan fingerprint density at radius 3 is 2.25 bits per heavy atom. The van der Waals surface area contributed by atoms with Crippen LogP contribution in [0.4, 0.5) is 0 Å². The van der Waals surface area contributed by atoms with E-state index in [1.54, 1.807) is 31.1 Å². The molecule has 0 unspecified atom stereocenters. The number of H-pyrrole nitrogens is 1. The van der Waals surface area contributed by atoms with Gasteiger partial charge in [0.15, 0.2) is 0 Å². The molecule has 0 amide bonds. The molecule has 128 valence electrons. The summed E-state index contributed by atoms with van der Waals surface area (Å²) in [6.07, 6.45) is 0. The van der Waals surface area contributed by atoms with Gasteiger partial charge in [-0.1, -0.05) is 26.0 Å². The second kappa shape index (κ2) is 6.84. The molecule has 7 nitrogen and oxygen atoms in total. The first kappa shape index (κ1) is 17.7. The van der Waals surface area contributed by atoms with Crippen molar-refractivity contribution in [3.8, 4) is 5.69 Å². The Kier molecular flexibility index (Phi) is 5.04. The van der Waals surface area contributed by atoms with E-state index in [1.807, 2.05) is 26.0 Å². The highest BCUT2D eigenvalue weighted by atomic mass is 16.4. The van der Waals surface area contributed by atoms with Crippen LogP contribution in [0.5, 0.6) is 0 Å². The Morgan fingerprint density at radius 1 is 1.21 bits per heavy atom. The van der Waals surface area contributed by atoms with Gasteiger partial charge in [-0.25, -0.2) is 14.2 Å². The monoisotopic (exact) mass is 331 g/mol. The largest absolute Gasteiger partial charge is 0.477 e. The third-order valence-electron chi connectivity index (χ3n) is 3.70. The topological polar surface area (TPSA) is 95.4 Å². The second-order valence-electron chi connectivity index (χ2n) is 6.21. The molecule has 2 aromatic rings. The lowest BCUT2D eigenvalue weighted by Gasteiger charge is -2.14. The van der Waals surface area contributed by atoms with E-state index in [0.29, 0.717) is 11.6 Å². The number of aromatic amines is 1. The summed E-state index contributed by atoms with van der Waals surface area (Å²) < 4.78 is 0.968. The highest BCUT2D eigenvalue weighted by Gasteiger charge is 2.20. The second-order valence-corrected chi connectivity index (χ2v) is 6.21. The van der Waals surface area contributed by atoms with E-state index in [1.165, 1.54) is 0 Å². The first-order valence-corrected chi connectivity index (χ1v) is 7.59. The summed E-state index contributed by atoms with van der Waals surface area (Å²) in [6.45, 7) is 4.21. The van der Waals surface area contributed by atoms with Gasteiger partial charge < -0.3 is 15.0 Å². The van der Waals surface area contributed by atoms with E-state index in [-0.39, 0.29) is 17.8 Å². The Labute approximate surface area is 139 Å². The van der Waals surface area contributed by atoms with Gasteiger partial charge in [0.1, 0.15) is 5.69 Å². The summed E-state index contributed by atoms with van der Waals surface area (Å²) in [5.74, 6) is -1.00. The summed E-state index contributed by atoms with van der Waals surface area (Å²) in [5.41, 5.74) is -0.227. The number of aromatic carboxylic acids is 1. The molecule has 0 radical (unpaired) electrons. The van der Waals surface area contributed by atoms with E-state index in [0.717, 1.165) is 10.1 Å². The summed E-state index contributed by atoms with van der Waals surface area (Å²) in [5, 5.41) is 9.25. The minimum absolute atomic E-state index is 0.0417. The molecular formula is C17H21N3O4. The standard InChI is InChI=1S/C17H21N3O4/c1-10(2)11-5-7-12(8-6-11)20-15(21)13(9-19(3)4)14(16(22)23)18-17(20)24/h5-8,10H,9H2,1-4H3,(H,18,24)(H,22,23). The molecule has 1 aromatic carbocycles. The van der Waals surface area contributed by atoms with Gasteiger partial charge >= 0.3 is 11.7 Å². The number of nitrogens with one attached hydrogen (secondary N) is 1. The van der Waals surface area contributed by atoms with Crippen LogP contribution in [0.1, 0.15) is 41.4 Å². The number of carboxylic acid groups (broad SMARTS) is 1. The lowest BCUT2D eigenvalue weighted by atomic mass is 10.0. The number of benzene rings is 1. The molecule has 1 aromatic heterocycles. The van der Waals surface area contributed by atoms with Crippen LogP contribution < -0.4 is 11.2 Å². The van der Waals surface area contributed by atoms with Crippen LogP contribution in [0.25, 0.3) is 5.69 Å². The third kappa shape index (κ3) is 3.46. The Morgan fingerprint density at radius 2 is 1.79 bits per heavy atom. The number of rotatable bonds is 5. The maximum absolute atomic E-state index is 12.7. The molecule has 2 N–H and O–H groups in total. The molecule has 1 heterocycles. The van der Waals surface area contributed by atoms with Gasteiger partial charge in [0.05, 0.1) is 11.3 Å². The molecule has 0 aliphatic carbocycles. The van der Waals surface area contributed by atoms with E-state index in [9.17, 15) is 19.5 Å². The highest BCUT2D eigenvalue weighted by molar-refractivity contribution is 5.86. The summed E-state index contributed by atoms with van der Waals surface area (Å²) in [6, 6.07) is 7.07. The van der Waals surface area contributed by atoms with Crippen molar-refractivity contribution in [3.05, 3.63) is 61.9 Å². The minimum atomic E-state index is -1.33. The van der Waals surface area contributed by atoms with Gasteiger partial charge in [-0.15, -0.1) is 0 Å². The first-order chi connectivity index (χ1) is 11.2. The van der Waals surface area contributed by atoms with Gasteiger partial charge in [0.25, 0.3) is 5.56 Å². The fraction of sp³-hybridized carbons (Fsp3) is 0.353. The lowest BCUT2D eigenvalue weighted by molar-refractivity contribution is 0.0687. The maximum atomic E-state index is 12.7. The van der Waals surface area contributed by atoms with E-state index < -0.39 is 17.2 Å². The summed E-state index contributed by atoms with van der Waals surface area (Å²) in [7, 11) is 3.44. The molecular weight excluding hydrogens is 310 g/mol. The average Bonchev–Trinajstić information content (AvgIpc) is 2.49. The zero-order valence-corrected chi connectivity index (χ0v) is 14.2. The maximum Gasteiger partial charge on any atom is 0.352 e. The molecule has 0 saturated carbocycles. The van der Waals surface area contributed by atoms with Crippen molar-refractivity contribution in [2.75, 3.05) is 14.1 Å². The first-order valence-electron chi connectivity index (χ1n) is 7.59. The van der Waals surface area contributed by atoms with E-state index in [2.05, 4.69) is 4.98 Å². The number of carboxylic acids is 1. The SMILES string of the molecule is CC(C)c1ccc(-n2c(=O)[nH]c(C(=O)O)c(CN(C)C)c2=O)cc1. The zero-order valence-electron chi connectivity index (χ0n) is 14.2. The average molecular weight is 331 g/mol. The molecule has 24 heavy (non-hydrogen) atoms. The van der Waals surface area contributed by atoms with Crippen molar-refractivity contribution in [2.24, 2.45) is 0 Å². The van der Waals surface area contributed by atoms with Gasteiger partial charge in [0, 0.05) is 6.54 Å². The summed E-state index contributed by atoms with van der Waals surface area (Å²) >= 11 is 0. The predicted octanol–water partition coefficient (Wildman–Crippen LogP) is 1.41. The molecule has 0 atom stereocenters. The zero-order chi connectivity index (χ0) is 18.0. The highest BCUT2D eigenvalue weighted by Crippen LogP contribution is 2.15. The number of nitrogens with zero attached hydrogens (tertiary/aromatic N) is 2. The normalized spacial score (nSPS) is 11.2. The Hall–Kier alpha value is -2.67. The van der Waals surface area contributed by atoms with Crippen LogP contribution in [0.15, 0.2) is 33.9 Å². The number of aromatic nitrogens is 2. The van der Waals surface area contributed by atoms with Crippen molar-refractivity contribution >= 4 is 5.97 Å². The van der Waals surface area contributed by atoms with Crippen molar-refractivity contribution in [2.45, 2.75) is 26.3 Å². The van der Waals surface area contributed by atoms with Crippen LogP contribution in [-0.2, 0) is 6.54 Å². The van der Waals surface area contributed by atoms with Gasteiger partial charge in [-0.05, 0) is 37.7 Å². The minimum Gasteiger partial charge on any atom is -0.477 e. The fourth-order valence-electron chi connectivity index (χ4n) is 2.46. The van der Waals surface area contributed by atoms with Crippen LogP contribution in [-0.4, -0.2) is 39.6 Å². The third-order valence-corrected chi connectivity index (χ3v) is 3.70. The van der Waals surface area contributed by atoms with Crippen molar-refractivity contribution in [3.63, 3.8) is 0 Å². The van der Waals surface area contributed by atoms with Crippen LogP contribution in [0.3, 0.4) is 0 Å². The fourth-order valence-corrected chi connectivity index (χ4v) is 2.46. The Bertz CT molecular complexity index is 861.